The molecule has 2 N–H and O–H groups in total. The van der Waals surface area contributed by atoms with Crippen LogP contribution in [0.5, 0.6) is 0 Å². The van der Waals surface area contributed by atoms with E-state index in [1.54, 1.807) is 13.2 Å². The largest absolute Gasteiger partial charge is 2.00 e. The number of hydrogen-bond donors (Lipinski definition) is 2. The number of aromatic nitrogens is 2. The van der Waals surface area contributed by atoms with Gasteiger partial charge in [0, 0.05) is 51.3 Å². The first kappa shape index (κ1) is 41.6. The van der Waals surface area contributed by atoms with Gasteiger partial charge in [0.05, 0.1) is 24.0 Å². The van der Waals surface area contributed by atoms with E-state index in [4.69, 9.17) is 47.3 Å². The maximum Gasteiger partial charge on any atom is 2.00 e. The van der Waals surface area contributed by atoms with Crippen molar-refractivity contribution in [3.05, 3.63) is 59.2 Å². The van der Waals surface area contributed by atoms with E-state index in [1.165, 1.54) is 6.92 Å². The molecule has 18 heteroatoms. The van der Waals surface area contributed by atoms with Crippen LogP contribution in [0.1, 0.15) is 35.9 Å². The van der Waals surface area contributed by atoms with Gasteiger partial charge in [-0.05, 0) is 38.1 Å². The minimum Gasteiger partial charge on any atom is -0.361 e. The van der Waals surface area contributed by atoms with E-state index in [1.807, 2.05) is 56.5 Å². The van der Waals surface area contributed by atoms with E-state index in [-0.39, 0.29) is 23.0 Å². The Kier molecular flexibility index (Phi) is 25.5. The molecular formula is C21H30Cl2CoN6O9. The summed E-state index contributed by atoms with van der Waals surface area (Å²) in [7, 11) is -8.21. The molecule has 0 aliphatic heterocycles. The van der Waals surface area contributed by atoms with E-state index in [2.05, 4.69) is 25.6 Å². The summed E-state index contributed by atoms with van der Waals surface area (Å²) in [5.41, 5.74) is 3.79. The molecule has 0 saturated heterocycles. The SMILES string of the molecule is CC#N.CO[C@H](NCCNCCN=Cc1cccc(C)n1)c1cccc(C)n1.[Co+2].[O-][Cl+3]([O-])([O-])[O-].[O-][Cl+3]([O-])([O-])[O-]. The molecule has 0 aliphatic carbocycles. The van der Waals surface area contributed by atoms with Gasteiger partial charge in [-0.1, -0.05) is 12.1 Å². The molecule has 0 fully saturated rings. The van der Waals surface area contributed by atoms with Crippen molar-refractivity contribution >= 4 is 6.21 Å². The van der Waals surface area contributed by atoms with Gasteiger partial charge >= 0.3 is 16.8 Å². The maximum atomic E-state index is 8.49. The number of aliphatic imine (C=N–C) groups is 1. The fraction of sp³-hybridized carbons (Fsp3) is 0.429. The number of pyridine rings is 2. The molecule has 0 unspecified atom stereocenters. The minimum atomic E-state index is -4.94. The summed E-state index contributed by atoms with van der Waals surface area (Å²) >= 11 is 0. The maximum absolute atomic E-state index is 8.49. The van der Waals surface area contributed by atoms with Gasteiger partial charge in [0.25, 0.3) is 0 Å². The molecule has 1 atom stereocenters. The average Bonchev–Trinajstić information content (AvgIpc) is 2.76. The normalized spacial score (nSPS) is 11.4. The topological polar surface area (TPSA) is 280 Å². The van der Waals surface area contributed by atoms with Crippen molar-refractivity contribution in [3.8, 4) is 6.07 Å². The standard InChI is InChI=1S/C19H27N5O.C2H3N.2ClHO4.Co/c1-15-6-4-8-17(23-15)14-21-11-10-20-12-13-22-19(25-3)18-9-5-7-16(2)24-18;1-2-3;2*2-1(3,4)5;/h4-9,14,19-20,22H,10-13H2,1-3H3;1H3;2*(H,2,3,4,5);/q;;;;+2/p-2/t19-;;;;/m0..../s1. The van der Waals surface area contributed by atoms with Crippen LogP contribution in [0.25, 0.3) is 0 Å². The number of aryl methyl sites for hydroxylation is 2. The van der Waals surface area contributed by atoms with E-state index in [9.17, 15) is 0 Å². The monoisotopic (exact) mass is 639 g/mol. The van der Waals surface area contributed by atoms with Crippen LogP contribution in [0.15, 0.2) is 41.4 Å². The number of hydrogen-bond acceptors (Lipinski definition) is 15. The summed E-state index contributed by atoms with van der Waals surface area (Å²) in [6, 6.07) is 13.6. The zero-order chi connectivity index (χ0) is 29.6. The Morgan fingerprint density at radius 2 is 1.41 bits per heavy atom. The Morgan fingerprint density at radius 1 is 0.923 bits per heavy atom. The molecule has 0 aromatic carbocycles. The number of nitrogens with zero attached hydrogens (tertiary/aromatic N) is 4. The quantitative estimate of drug-likeness (QED) is 0.139. The molecule has 0 amide bonds. The van der Waals surface area contributed by atoms with E-state index in [0.717, 1.165) is 49.0 Å². The summed E-state index contributed by atoms with van der Waals surface area (Å²) in [5.74, 6) is 0. The van der Waals surface area contributed by atoms with Crippen molar-refractivity contribution in [2.75, 3.05) is 33.3 Å². The zero-order valence-corrected chi connectivity index (χ0v) is 24.1. The van der Waals surface area contributed by atoms with Gasteiger partial charge in [0.2, 0.25) is 0 Å². The molecule has 0 aliphatic rings. The van der Waals surface area contributed by atoms with Gasteiger partial charge in [-0.2, -0.15) is 5.26 Å². The number of rotatable bonds is 10. The summed E-state index contributed by atoms with van der Waals surface area (Å²) in [6.07, 6.45) is 1.63. The van der Waals surface area contributed by atoms with Gasteiger partial charge in [-0.15, -0.1) is 20.5 Å². The predicted molar refractivity (Wildman–Crippen MR) is 112 cm³/mol. The van der Waals surface area contributed by atoms with E-state index < -0.39 is 20.5 Å². The molecule has 39 heavy (non-hydrogen) atoms. The van der Waals surface area contributed by atoms with Gasteiger partial charge in [0.15, 0.2) is 6.23 Å². The van der Waals surface area contributed by atoms with E-state index in [0.29, 0.717) is 0 Å². The average molecular weight is 640 g/mol. The second-order valence-electron chi connectivity index (χ2n) is 6.74. The number of ether oxygens (including phenoxy) is 1. The van der Waals surface area contributed by atoms with Crippen molar-refractivity contribution in [1.82, 2.24) is 20.6 Å². The number of methoxy groups -OCH3 is 1. The van der Waals surface area contributed by atoms with Crippen LogP contribution in [0, 0.1) is 45.7 Å². The van der Waals surface area contributed by atoms with Gasteiger partial charge < -0.3 is 10.1 Å². The van der Waals surface area contributed by atoms with Gasteiger partial charge in [0.1, 0.15) is 0 Å². The number of nitrogens with one attached hydrogen (secondary N) is 2. The molecule has 2 aromatic rings. The van der Waals surface area contributed by atoms with Gasteiger partial charge in [-0.3, -0.25) is 20.3 Å². The third kappa shape index (κ3) is 34.1. The molecule has 2 heterocycles. The Balaban J connectivity index is -0.000000773. The third-order valence-electron chi connectivity index (χ3n) is 3.60. The predicted octanol–water partition coefficient (Wildman–Crippen LogP) is -6.95. The Hall–Kier alpha value is -1.89. The fourth-order valence-corrected chi connectivity index (χ4v) is 2.37. The first-order chi connectivity index (χ1) is 17.6. The fourth-order valence-electron chi connectivity index (χ4n) is 2.37. The van der Waals surface area contributed by atoms with Crippen molar-refractivity contribution in [2.45, 2.75) is 27.0 Å². The molecule has 15 nitrogen and oxygen atoms in total. The second-order valence-corrected chi connectivity index (χ2v) is 8.25. The van der Waals surface area contributed by atoms with Crippen LogP contribution in [0.2, 0.25) is 0 Å². The second kappa shape index (κ2) is 23.9. The summed E-state index contributed by atoms with van der Waals surface area (Å²) in [4.78, 5) is 13.3. The number of halogens is 2. The van der Waals surface area contributed by atoms with E-state index >= 15 is 0 Å². The van der Waals surface area contributed by atoms with Crippen molar-refractivity contribution in [1.29, 1.82) is 5.26 Å². The van der Waals surface area contributed by atoms with Crippen LogP contribution in [0.3, 0.4) is 0 Å². The molecular weight excluding hydrogens is 610 g/mol. The smallest absolute Gasteiger partial charge is 0.361 e. The molecule has 2 aromatic heterocycles. The first-order valence-corrected chi connectivity index (χ1v) is 13.0. The molecule has 0 saturated carbocycles. The Morgan fingerprint density at radius 3 is 1.87 bits per heavy atom. The first-order valence-electron chi connectivity index (χ1n) is 10.5. The van der Waals surface area contributed by atoms with Crippen LogP contribution < -0.4 is 47.9 Å². The van der Waals surface area contributed by atoms with Crippen molar-refractivity contribution < 1.29 is 79.3 Å². The Bertz CT molecular complexity index is 936. The molecule has 221 valence electrons. The molecule has 2 rings (SSSR count). The summed E-state index contributed by atoms with van der Waals surface area (Å²) in [6.45, 7) is 8.56. The zero-order valence-electron chi connectivity index (χ0n) is 21.5. The minimum absolute atomic E-state index is 0. The third-order valence-corrected chi connectivity index (χ3v) is 3.60. The van der Waals surface area contributed by atoms with Crippen LogP contribution in [-0.2, 0) is 21.5 Å². The van der Waals surface area contributed by atoms with Crippen LogP contribution in [-0.4, -0.2) is 49.5 Å². The molecule has 1 radical (unpaired) electrons. The van der Waals surface area contributed by atoms with Crippen LogP contribution in [0.4, 0.5) is 0 Å². The summed E-state index contributed by atoms with van der Waals surface area (Å²) < 4.78 is 73.4. The number of nitriles is 1. The Labute approximate surface area is 241 Å². The van der Waals surface area contributed by atoms with Crippen molar-refractivity contribution in [2.24, 2.45) is 4.99 Å². The van der Waals surface area contributed by atoms with Crippen LogP contribution >= 0.6 is 0 Å². The summed E-state index contributed by atoms with van der Waals surface area (Å²) in [5, 5.41) is 14.0. The van der Waals surface area contributed by atoms with Gasteiger partial charge in [-0.25, -0.2) is 37.3 Å². The van der Waals surface area contributed by atoms with Crippen molar-refractivity contribution in [3.63, 3.8) is 0 Å². The molecule has 0 bridgehead atoms. The molecule has 0 spiro atoms.